The zero-order valence-electron chi connectivity index (χ0n) is 12.7. The first-order chi connectivity index (χ1) is 11.7. The molecule has 0 bridgehead atoms. The molecule has 24 heavy (non-hydrogen) atoms. The number of carbonyl (C=O) groups is 2. The highest BCUT2D eigenvalue weighted by molar-refractivity contribution is 7.11. The van der Waals surface area contributed by atoms with Gasteiger partial charge in [0, 0.05) is 5.69 Å². The lowest BCUT2D eigenvalue weighted by Gasteiger charge is -2.08. The number of nitrogens with one attached hydrogen (secondary N) is 2. The number of thiazole rings is 1. The van der Waals surface area contributed by atoms with Crippen LogP contribution in [0.5, 0.6) is 0 Å². The topological polar surface area (TPSA) is 71.1 Å². The Morgan fingerprint density at radius 2 is 1.79 bits per heavy atom. The van der Waals surface area contributed by atoms with Crippen molar-refractivity contribution in [3.05, 3.63) is 71.2 Å². The highest BCUT2D eigenvalue weighted by Gasteiger charge is 2.09. The summed E-state index contributed by atoms with van der Waals surface area (Å²) in [6.07, 6.45) is 1.47. The zero-order valence-corrected chi connectivity index (χ0v) is 13.5. The molecule has 3 aromatic rings. The molecule has 1 aromatic heterocycles. The maximum Gasteiger partial charge on any atom is 0.263 e. The maximum absolute atomic E-state index is 12.0. The number of benzene rings is 2. The molecule has 0 aliphatic carbocycles. The van der Waals surface area contributed by atoms with Crippen LogP contribution in [0.1, 0.15) is 9.67 Å². The van der Waals surface area contributed by atoms with Gasteiger partial charge in [0.15, 0.2) is 0 Å². The Labute approximate surface area is 143 Å². The van der Waals surface area contributed by atoms with Crippen molar-refractivity contribution in [2.75, 3.05) is 11.9 Å². The lowest BCUT2D eigenvalue weighted by Crippen LogP contribution is -2.32. The van der Waals surface area contributed by atoms with Crippen molar-refractivity contribution >= 4 is 28.8 Å². The largest absolute Gasteiger partial charge is 0.342 e. The van der Waals surface area contributed by atoms with Crippen LogP contribution in [0.3, 0.4) is 0 Å². The minimum Gasteiger partial charge on any atom is -0.342 e. The van der Waals surface area contributed by atoms with Gasteiger partial charge in [-0.1, -0.05) is 42.5 Å². The number of nitrogens with zero attached hydrogens (tertiary/aromatic N) is 1. The van der Waals surface area contributed by atoms with Crippen LogP contribution < -0.4 is 10.6 Å². The van der Waals surface area contributed by atoms with E-state index in [0.717, 1.165) is 11.1 Å². The van der Waals surface area contributed by atoms with E-state index >= 15 is 0 Å². The summed E-state index contributed by atoms with van der Waals surface area (Å²) in [5.41, 5.74) is 4.35. The molecule has 0 saturated heterocycles. The molecule has 0 saturated carbocycles. The molecule has 2 N–H and O–H groups in total. The van der Waals surface area contributed by atoms with E-state index in [1.807, 2.05) is 54.6 Å². The van der Waals surface area contributed by atoms with Gasteiger partial charge >= 0.3 is 0 Å². The predicted octanol–water partition coefficient (Wildman–Crippen LogP) is 3.18. The quantitative estimate of drug-likeness (QED) is 0.751. The van der Waals surface area contributed by atoms with Gasteiger partial charge in [0.25, 0.3) is 5.91 Å². The Hall–Kier alpha value is -2.99. The molecule has 0 spiro atoms. The number of carbonyl (C=O) groups excluding carboxylic acids is 2. The van der Waals surface area contributed by atoms with E-state index in [2.05, 4.69) is 15.6 Å². The number of hydrogen-bond donors (Lipinski definition) is 2. The maximum atomic E-state index is 12.0. The second-order valence-electron chi connectivity index (χ2n) is 5.04. The second-order valence-corrected chi connectivity index (χ2v) is 5.93. The molecule has 2 aromatic carbocycles. The normalized spacial score (nSPS) is 10.2. The van der Waals surface area contributed by atoms with Crippen molar-refractivity contribution in [3.63, 3.8) is 0 Å². The number of amides is 2. The summed E-state index contributed by atoms with van der Waals surface area (Å²) in [5, 5.41) is 5.36. The molecule has 0 atom stereocenters. The first kappa shape index (κ1) is 15.9. The smallest absolute Gasteiger partial charge is 0.263 e. The second kappa shape index (κ2) is 7.52. The van der Waals surface area contributed by atoms with Crippen molar-refractivity contribution in [1.82, 2.24) is 10.3 Å². The number of anilines is 1. The van der Waals surface area contributed by atoms with E-state index in [-0.39, 0.29) is 18.4 Å². The van der Waals surface area contributed by atoms with Crippen LogP contribution in [0.15, 0.2) is 66.3 Å². The molecule has 0 radical (unpaired) electrons. The molecule has 0 aliphatic rings. The van der Waals surface area contributed by atoms with E-state index in [0.29, 0.717) is 10.6 Å². The summed E-state index contributed by atoms with van der Waals surface area (Å²) in [6.45, 7) is -0.0910. The fourth-order valence-corrected chi connectivity index (χ4v) is 2.72. The molecule has 120 valence electrons. The zero-order chi connectivity index (χ0) is 16.8. The Balaban J connectivity index is 1.59. The lowest BCUT2D eigenvalue weighted by atomic mass is 10.1. The molecule has 5 nitrogen and oxygen atoms in total. The van der Waals surface area contributed by atoms with Crippen molar-refractivity contribution < 1.29 is 9.59 Å². The van der Waals surface area contributed by atoms with E-state index in [9.17, 15) is 9.59 Å². The fraction of sp³-hybridized carbons (Fsp3) is 0.0556. The number of hydrogen-bond acceptors (Lipinski definition) is 4. The molecular weight excluding hydrogens is 322 g/mol. The summed E-state index contributed by atoms with van der Waals surface area (Å²) in [7, 11) is 0. The molecule has 2 amide bonds. The van der Waals surface area contributed by atoms with Gasteiger partial charge in [-0.3, -0.25) is 14.6 Å². The fourth-order valence-electron chi connectivity index (χ4n) is 2.19. The van der Waals surface area contributed by atoms with Gasteiger partial charge < -0.3 is 10.6 Å². The molecule has 0 unspecified atom stereocenters. The van der Waals surface area contributed by atoms with E-state index in [1.165, 1.54) is 17.5 Å². The van der Waals surface area contributed by atoms with Crippen LogP contribution >= 0.6 is 11.3 Å². The minimum absolute atomic E-state index is 0.0910. The molecule has 0 aliphatic heterocycles. The molecule has 6 heteroatoms. The summed E-state index contributed by atoms with van der Waals surface area (Å²) in [5.74, 6) is -0.580. The SMILES string of the molecule is O=C(CNC(=O)c1cncs1)Nc1cccc(-c2ccccc2)c1. The van der Waals surface area contributed by atoms with Crippen LogP contribution in [0, 0.1) is 0 Å². The van der Waals surface area contributed by atoms with Gasteiger partial charge in [0.05, 0.1) is 18.3 Å². The molecule has 1 heterocycles. The Morgan fingerprint density at radius 1 is 1.00 bits per heavy atom. The summed E-state index contributed by atoms with van der Waals surface area (Å²) in [4.78, 5) is 28.1. The van der Waals surface area contributed by atoms with Crippen molar-refractivity contribution in [2.24, 2.45) is 0 Å². The summed E-state index contributed by atoms with van der Waals surface area (Å²) >= 11 is 1.23. The van der Waals surface area contributed by atoms with Crippen LogP contribution in [0.25, 0.3) is 11.1 Å². The third kappa shape index (κ3) is 4.05. The highest BCUT2D eigenvalue weighted by atomic mass is 32.1. The highest BCUT2D eigenvalue weighted by Crippen LogP contribution is 2.22. The first-order valence-electron chi connectivity index (χ1n) is 7.34. The lowest BCUT2D eigenvalue weighted by molar-refractivity contribution is -0.115. The van der Waals surface area contributed by atoms with Gasteiger partial charge in [0.2, 0.25) is 5.91 Å². The van der Waals surface area contributed by atoms with Gasteiger partial charge in [-0.2, -0.15) is 0 Å². The van der Waals surface area contributed by atoms with E-state index in [4.69, 9.17) is 0 Å². The minimum atomic E-state index is -0.300. The van der Waals surface area contributed by atoms with E-state index in [1.54, 1.807) is 5.51 Å². The average molecular weight is 337 g/mol. The van der Waals surface area contributed by atoms with Crippen LogP contribution in [-0.4, -0.2) is 23.3 Å². The van der Waals surface area contributed by atoms with Gasteiger partial charge in [-0.15, -0.1) is 11.3 Å². The van der Waals surface area contributed by atoms with Crippen LogP contribution in [-0.2, 0) is 4.79 Å². The van der Waals surface area contributed by atoms with Gasteiger partial charge in [-0.25, -0.2) is 0 Å². The average Bonchev–Trinajstić information content (AvgIpc) is 3.15. The molecule has 3 rings (SSSR count). The Bertz CT molecular complexity index is 832. The van der Waals surface area contributed by atoms with Crippen molar-refractivity contribution in [2.45, 2.75) is 0 Å². The van der Waals surface area contributed by atoms with Crippen LogP contribution in [0.4, 0.5) is 5.69 Å². The Kier molecular flexibility index (Phi) is 4.98. The van der Waals surface area contributed by atoms with Crippen molar-refractivity contribution in [1.29, 1.82) is 0 Å². The van der Waals surface area contributed by atoms with Crippen molar-refractivity contribution in [3.8, 4) is 11.1 Å². The first-order valence-corrected chi connectivity index (χ1v) is 8.22. The number of rotatable bonds is 5. The van der Waals surface area contributed by atoms with Gasteiger partial charge in [0.1, 0.15) is 4.88 Å². The Morgan fingerprint density at radius 3 is 2.54 bits per heavy atom. The number of aromatic nitrogens is 1. The summed E-state index contributed by atoms with van der Waals surface area (Å²) < 4.78 is 0. The molecule has 0 fully saturated rings. The predicted molar refractivity (Wildman–Crippen MR) is 95.0 cm³/mol. The van der Waals surface area contributed by atoms with E-state index < -0.39 is 0 Å². The summed E-state index contributed by atoms with van der Waals surface area (Å²) in [6, 6.07) is 17.5. The third-order valence-electron chi connectivity index (χ3n) is 3.32. The molecular formula is C18H15N3O2S. The van der Waals surface area contributed by atoms with Crippen LogP contribution in [0.2, 0.25) is 0 Å². The third-order valence-corrected chi connectivity index (χ3v) is 4.09. The standard InChI is InChI=1S/C18H15N3O2S/c22-17(11-20-18(23)16-10-19-12-24-16)21-15-8-4-7-14(9-15)13-5-2-1-3-6-13/h1-10,12H,11H2,(H,20,23)(H,21,22). The monoisotopic (exact) mass is 337 g/mol. The van der Waals surface area contributed by atoms with Gasteiger partial charge in [-0.05, 0) is 23.3 Å².